The van der Waals surface area contributed by atoms with E-state index in [1.54, 1.807) is 6.08 Å². The summed E-state index contributed by atoms with van der Waals surface area (Å²) < 4.78 is 12.1. The second-order valence-electron chi connectivity index (χ2n) is 10.2. The quantitative estimate of drug-likeness (QED) is 0.589. The molecule has 0 aromatic rings. The van der Waals surface area contributed by atoms with E-state index < -0.39 is 40.7 Å². The van der Waals surface area contributed by atoms with Gasteiger partial charge in [0.1, 0.15) is 11.4 Å². The maximum Gasteiger partial charge on any atom is 0.303 e. The van der Waals surface area contributed by atoms with Crippen molar-refractivity contribution < 1.29 is 24.2 Å². The molecule has 5 heteroatoms. The van der Waals surface area contributed by atoms with E-state index >= 15 is 0 Å². The highest BCUT2D eigenvalue weighted by molar-refractivity contribution is 5.86. The van der Waals surface area contributed by atoms with E-state index in [1.807, 2.05) is 13.8 Å². The van der Waals surface area contributed by atoms with Gasteiger partial charge in [0.25, 0.3) is 0 Å². The summed E-state index contributed by atoms with van der Waals surface area (Å²) in [5, 5.41) is 11.5. The van der Waals surface area contributed by atoms with E-state index in [4.69, 9.17) is 9.47 Å². The number of Topliss-reactive ketones (excluding diaryl/α,β-unsaturated/α-hetero) is 1. The van der Waals surface area contributed by atoms with Gasteiger partial charge in [-0.05, 0) is 43.4 Å². The summed E-state index contributed by atoms with van der Waals surface area (Å²) in [5.41, 5.74) is -2.51. The fourth-order valence-electron chi connectivity index (χ4n) is 6.91. The van der Waals surface area contributed by atoms with Crippen molar-refractivity contribution in [1.82, 2.24) is 0 Å². The molecule has 1 N–H and O–H groups in total. The Kier molecular flexibility index (Phi) is 4.68. The van der Waals surface area contributed by atoms with Crippen molar-refractivity contribution in [3.8, 4) is 0 Å². The van der Waals surface area contributed by atoms with E-state index in [0.29, 0.717) is 0 Å². The highest BCUT2D eigenvalue weighted by Gasteiger charge is 2.71. The molecule has 7 atom stereocenters. The molecule has 2 aliphatic carbocycles. The Morgan fingerprint density at radius 3 is 2.44 bits per heavy atom. The Morgan fingerprint density at radius 1 is 1.26 bits per heavy atom. The molecular weight excluding hydrogens is 344 g/mol. The third-order valence-corrected chi connectivity index (χ3v) is 7.56. The van der Waals surface area contributed by atoms with Gasteiger partial charge < -0.3 is 14.6 Å². The van der Waals surface area contributed by atoms with Crippen molar-refractivity contribution in [3.63, 3.8) is 0 Å². The standard InChI is InChI=1S/C22H34O5/c1-8-20(5)12-14(24)16-21(6)11-9-10-19(3,4)17(21)15(25)18(26-13(2)23)22(16,7)27-20/h8,15-18,25H,1,9-12H2,2-7H3/t15-,16+,17-,18-,20+,21+,22+/m1/s1. The van der Waals surface area contributed by atoms with Crippen molar-refractivity contribution in [3.05, 3.63) is 12.7 Å². The number of hydrogen-bond donors (Lipinski definition) is 1. The van der Waals surface area contributed by atoms with Gasteiger partial charge in [0.2, 0.25) is 0 Å². The minimum atomic E-state index is -1.10. The van der Waals surface area contributed by atoms with E-state index in [1.165, 1.54) is 6.92 Å². The zero-order valence-electron chi connectivity index (χ0n) is 17.5. The van der Waals surface area contributed by atoms with Gasteiger partial charge in [0.15, 0.2) is 6.10 Å². The highest BCUT2D eigenvalue weighted by atomic mass is 16.6. The van der Waals surface area contributed by atoms with Crippen LogP contribution < -0.4 is 0 Å². The van der Waals surface area contributed by atoms with Gasteiger partial charge in [-0.25, -0.2) is 0 Å². The van der Waals surface area contributed by atoms with Gasteiger partial charge in [0.05, 0.1) is 17.6 Å². The lowest BCUT2D eigenvalue weighted by molar-refractivity contribution is -0.307. The zero-order chi connectivity index (χ0) is 20.4. The molecule has 0 aromatic carbocycles. The molecule has 27 heavy (non-hydrogen) atoms. The number of ketones is 1. The summed E-state index contributed by atoms with van der Waals surface area (Å²) in [5.74, 6) is -0.948. The zero-order valence-corrected chi connectivity index (χ0v) is 17.5. The van der Waals surface area contributed by atoms with Crippen LogP contribution in [0.25, 0.3) is 0 Å². The Labute approximate surface area is 162 Å². The summed E-state index contributed by atoms with van der Waals surface area (Å²) >= 11 is 0. The SMILES string of the molecule is C=C[C@@]1(C)CC(=O)[C@H]2[C@]3(C)CCCC(C)(C)[C@H]3[C@@H](O)[C@@H](OC(C)=O)[C@@]2(C)O1. The van der Waals surface area contributed by atoms with E-state index in [0.717, 1.165) is 19.3 Å². The lowest BCUT2D eigenvalue weighted by atomic mass is 9.42. The smallest absolute Gasteiger partial charge is 0.303 e. The Bertz CT molecular complexity index is 670. The maximum absolute atomic E-state index is 13.5. The number of aliphatic hydroxyl groups is 1. The topological polar surface area (TPSA) is 72.8 Å². The number of rotatable bonds is 2. The molecular formula is C22H34O5. The molecule has 5 nitrogen and oxygen atoms in total. The molecule has 3 fully saturated rings. The van der Waals surface area contributed by atoms with E-state index in [2.05, 4.69) is 27.4 Å². The number of ether oxygens (including phenoxy) is 2. The number of carbonyl (C=O) groups is 2. The molecule has 3 aliphatic rings. The van der Waals surface area contributed by atoms with E-state index in [9.17, 15) is 14.7 Å². The largest absolute Gasteiger partial charge is 0.457 e. The Morgan fingerprint density at radius 2 is 1.89 bits per heavy atom. The van der Waals surface area contributed by atoms with Crippen molar-refractivity contribution in [2.75, 3.05) is 0 Å². The first-order valence-electron chi connectivity index (χ1n) is 10.0. The first kappa shape index (κ1) is 20.5. The van der Waals surface area contributed by atoms with Crippen molar-refractivity contribution >= 4 is 11.8 Å². The molecule has 3 rings (SSSR count). The van der Waals surface area contributed by atoms with Crippen LogP contribution in [0, 0.1) is 22.7 Å². The second-order valence-corrected chi connectivity index (χ2v) is 10.2. The maximum atomic E-state index is 13.5. The van der Waals surface area contributed by atoms with Crippen molar-refractivity contribution in [1.29, 1.82) is 0 Å². The number of fused-ring (bicyclic) bond motifs is 3. The molecule has 0 spiro atoms. The number of esters is 1. The third kappa shape index (κ3) is 2.89. The summed E-state index contributed by atoms with van der Waals surface area (Å²) in [6, 6.07) is 0. The second kappa shape index (κ2) is 6.15. The van der Waals surface area contributed by atoms with Crippen LogP contribution in [0.4, 0.5) is 0 Å². The molecule has 2 saturated carbocycles. The predicted molar refractivity (Wildman–Crippen MR) is 102 cm³/mol. The number of hydrogen-bond acceptors (Lipinski definition) is 5. The van der Waals surface area contributed by atoms with Crippen LogP contribution >= 0.6 is 0 Å². The van der Waals surface area contributed by atoms with Gasteiger partial charge in [-0.1, -0.05) is 33.3 Å². The number of carbonyl (C=O) groups excluding carboxylic acids is 2. The van der Waals surface area contributed by atoms with Crippen molar-refractivity contribution in [2.24, 2.45) is 22.7 Å². The van der Waals surface area contributed by atoms with Crippen molar-refractivity contribution in [2.45, 2.75) is 90.6 Å². The van der Waals surface area contributed by atoms with Crippen LogP contribution in [0.3, 0.4) is 0 Å². The van der Waals surface area contributed by atoms with Gasteiger partial charge in [-0.2, -0.15) is 0 Å². The Balaban J connectivity index is 2.20. The van der Waals surface area contributed by atoms with Gasteiger partial charge in [-0.3, -0.25) is 9.59 Å². The van der Waals surface area contributed by atoms with Crippen LogP contribution in [0.2, 0.25) is 0 Å². The summed E-state index contributed by atoms with van der Waals surface area (Å²) in [6.45, 7) is 15.2. The summed E-state index contributed by atoms with van der Waals surface area (Å²) in [4.78, 5) is 25.4. The first-order valence-corrected chi connectivity index (χ1v) is 10.0. The monoisotopic (exact) mass is 378 g/mol. The molecule has 1 heterocycles. The minimum Gasteiger partial charge on any atom is -0.457 e. The lowest BCUT2D eigenvalue weighted by Gasteiger charge is -2.67. The minimum absolute atomic E-state index is 0.111. The Hall–Kier alpha value is -1.20. The summed E-state index contributed by atoms with van der Waals surface area (Å²) in [6.07, 6.45) is 2.94. The van der Waals surface area contributed by atoms with Gasteiger partial charge in [-0.15, -0.1) is 6.58 Å². The first-order chi connectivity index (χ1) is 12.3. The molecule has 0 aromatic heterocycles. The normalized spacial score (nSPS) is 48.9. The fraction of sp³-hybridized carbons (Fsp3) is 0.818. The van der Waals surface area contributed by atoms with Crippen LogP contribution in [0.15, 0.2) is 12.7 Å². The fourth-order valence-corrected chi connectivity index (χ4v) is 6.91. The van der Waals surface area contributed by atoms with Gasteiger partial charge in [0, 0.05) is 13.3 Å². The van der Waals surface area contributed by atoms with Gasteiger partial charge >= 0.3 is 5.97 Å². The number of aliphatic hydroxyl groups excluding tert-OH is 1. The average molecular weight is 379 g/mol. The highest BCUT2D eigenvalue weighted by Crippen LogP contribution is 2.65. The molecule has 1 aliphatic heterocycles. The van der Waals surface area contributed by atoms with Crippen LogP contribution in [-0.4, -0.2) is 40.3 Å². The molecule has 0 radical (unpaired) electrons. The van der Waals surface area contributed by atoms with E-state index in [-0.39, 0.29) is 23.5 Å². The molecule has 152 valence electrons. The average Bonchev–Trinajstić information content (AvgIpc) is 2.49. The molecule has 0 amide bonds. The predicted octanol–water partition coefficient (Wildman–Crippen LogP) is 3.43. The summed E-state index contributed by atoms with van der Waals surface area (Å²) in [7, 11) is 0. The lowest BCUT2D eigenvalue weighted by Crippen LogP contribution is -2.75. The third-order valence-electron chi connectivity index (χ3n) is 7.56. The van der Waals surface area contributed by atoms with Crippen LogP contribution in [0.1, 0.15) is 67.2 Å². The molecule has 0 unspecified atom stereocenters. The van der Waals surface area contributed by atoms with Crippen LogP contribution in [0.5, 0.6) is 0 Å². The molecule has 1 saturated heterocycles. The van der Waals surface area contributed by atoms with Crippen LogP contribution in [-0.2, 0) is 19.1 Å². The molecule has 0 bridgehead atoms.